The highest BCUT2D eigenvalue weighted by Crippen LogP contribution is 2.57. The van der Waals surface area contributed by atoms with E-state index < -0.39 is 5.97 Å². The third-order valence-corrected chi connectivity index (χ3v) is 10.5. The van der Waals surface area contributed by atoms with Crippen LogP contribution in [0.25, 0.3) is 11.0 Å². The smallest absolute Gasteiger partial charge is 0.304 e. The Morgan fingerprint density at radius 1 is 1.08 bits per heavy atom. The van der Waals surface area contributed by atoms with Crippen LogP contribution >= 0.6 is 0 Å². The summed E-state index contributed by atoms with van der Waals surface area (Å²) in [7, 11) is 3.45. The second-order valence-electron chi connectivity index (χ2n) is 13.9. The highest BCUT2D eigenvalue weighted by molar-refractivity contribution is 6.06. The van der Waals surface area contributed by atoms with Gasteiger partial charge in [-0.15, -0.1) is 5.10 Å². The number of benzene rings is 3. The van der Waals surface area contributed by atoms with Crippen molar-refractivity contribution in [2.45, 2.75) is 89.7 Å². The zero-order valence-corrected chi connectivity index (χ0v) is 29.1. The van der Waals surface area contributed by atoms with Crippen molar-refractivity contribution in [1.29, 1.82) is 0 Å². The van der Waals surface area contributed by atoms with Crippen LogP contribution in [-0.4, -0.2) is 63.6 Å². The van der Waals surface area contributed by atoms with Crippen molar-refractivity contribution >= 4 is 28.6 Å². The third kappa shape index (κ3) is 6.27. The molecule has 3 aromatic carbocycles. The molecule has 4 bridgehead atoms. The molecule has 5 aliphatic rings. The molecule has 4 aliphatic heterocycles. The monoisotopic (exact) mass is 665 g/mol. The molecule has 2 atom stereocenters. The highest BCUT2D eigenvalue weighted by atomic mass is 16.5. The quantitative estimate of drug-likeness (QED) is 0.163. The molecule has 10 nitrogen and oxygen atoms in total. The van der Waals surface area contributed by atoms with Gasteiger partial charge in [-0.2, -0.15) is 0 Å². The van der Waals surface area contributed by atoms with Gasteiger partial charge >= 0.3 is 5.97 Å². The number of ether oxygens (including phenoxy) is 2. The first-order valence-corrected chi connectivity index (χ1v) is 17.9. The average Bonchev–Trinajstić information content (AvgIpc) is 3.87. The van der Waals surface area contributed by atoms with Crippen LogP contribution in [0.4, 0.5) is 5.69 Å². The van der Waals surface area contributed by atoms with Crippen LogP contribution in [0.3, 0.4) is 0 Å². The van der Waals surface area contributed by atoms with Crippen LogP contribution in [0.2, 0.25) is 0 Å². The van der Waals surface area contributed by atoms with Crippen LogP contribution in [0.1, 0.15) is 110 Å². The third-order valence-electron chi connectivity index (χ3n) is 10.5. The maximum atomic E-state index is 12.3. The number of amides is 1. The number of anilines is 1. The van der Waals surface area contributed by atoms with Crippen molar-refractivity contribution in [2.24, 2.45) is 7.05 Å². The first-order valence-electron chi connectivity index (χ1n) is 17.9. The predicted octanol–water partition coefficient (Wildman–Crippen LogP) is 6.89. The highest BCUT2D eigenvalue weighted by Gasteiger charge is 2.48. The van der Waals surface area contributed by atoms with Gasteiger partial charge in [0.05, 0.1) is 19.2 Å². The minimum absolute atomic E-state index is 0.0194. The molecule has 1 aromatic heterocycles. The normalized spacial score (nSPS) is 18.2. The van der Waals surface area contributed by atoms with Gasteiger partial charge in [-0.25, -0.2) is 4.68 Å². The minimum Gasteiger partial charge on any atom is -0.494 e. The number of nitrogens with zero attached hydrogens (tertiary/aromatic N) is 5. The van der Waals surface area contributed by atoms with E-state index in [2.05, 4.69) is 59.4 Å². The lowest BCUT2D eigenvalue weighted by Gasteiger charge is -2.44. The molecule has 49 heavy (non-hydrogen) atoms. The number of aliphatic carboxylic acids is 1. The van der Waals surface area contributed by atoms with E-state index in [1.54, 1.807) is 11.8 Å². The second-order valence-corrected chi connectivity index (χ2v) is 13.9. The zero-order valence-electron chi connectivity index (χ0n) is 29.1. The number of carbonyl (C=O) groups is 2. The molecule has 258 valence electrons. The molecule has 1 fully saturated rings. The maximum absolute atomic E-state index is 12.3. The SMILES string of the molecule is CCCCCN1CCc2c(cccc2C(CC(=O)O)c2cc(OC)c3c(c2)nnn3C)C1.CCCN1C(=O)C2Oc3c2ccc(C2CC2)c31. The first kappa shape index (κ1) is 33.1. The van der Waals surface area contributed by atoms with E-state index in [9.17, 15) is 14.7 Å². The Bertz CT molecular complexity index is 1880. The van der Waals surface area contributed by atoms with Gasteiger partial charge in [0.1, 0.15) is 16.8 Å². The molecule has 0 radical (unpaired) electrons. The van der Waals surface area contributed by atoms with Crippen LogP contribution in [0, 0.1) is 0 Å². The number of carboxylic acids is 1. The predicted molar refractivity (Wildman–Crippen MR) is 189 cm³/mol. The molecule has 2 unspecified atom stereocenters. The fraction of sp³-hybridized carbons (Fsp3) is 0.487. The lowest BCUT2D eigenvalue weighted by Crippen LogP contribution is -2.47. The summed E-state index contributed by atoms with van der Waals surface area (Å²) in [6.07, 6.45) is 7.87. The Labute approximate surface area is 288 Å². The maximum Gasteiger partial charge on any atom is 0.304 e. The molecule has 9 rings (SSSR count). The van der Waals surface area contributed by atoms with Crippen LogP contribution in [0.5, 0.6) is 11.5 Å². The van der Waals surface area contributed by atoms with Gasteiger partial charge in [0.15, 0.2) is 5.75 Å². The van der Waals surface area contributed by atoms with E-state index >= 15 is 0 Å². The van der Waals surface area contributed by atoms with Gasteiger partial charge in [-0.3, -0.25) is 14.5 Å². The van der Waals surface area contributed by atoms with Crippen LogP contribution < -0.4 is 14.4 Å². The fourth-order valence-corrected chi connectivity index (χ4v) is 7.85. The summed E-state index contributed by atoms with van der Waals surface area (Å²) in [6, 6.07) is 14.5. The van der Waals surface area contributed by atoms with Crippen molar-refractivity contribution in [3.63, 3.8) is 0 Å². The zero-order chi connectivity index (χ0) is 34.2. The van der Waals surface area contributed by atoms with Crippen LogP contribution in [0.15, 0.2) is 42.5 Å². The number of carbonyl (C=O) groups excluding carboxylic acids is 1. The van der Waals surface area contributed by atoms with Crippen molar-refractivity contribution in [3.05, 3.63) is 75.8 Å². The number of unbranched alkanes of at least 4 members (excludes halogenated alkanes) is 2. The summed E-state index contributed by atoms with van der Waals surface area (Å²) in [4.78, 5) is 28.6. The Balaban J connectivity index is 0.000000185. The standard InChI is InChI=1S/C25H32N4O3.C14H15NO2/c1-4-5-6-11-29-12-10-19-17(16-29)8-7-9-20(19)21(15-24(30)31)18-13-22-25(23(14-18)32-3)28(2)27-26-22;1-2-7-15-11-9(8-3-4-8)5-6-10-12(11)17-13(10)14(15)16/h7-9,13-14,21H,4-6,10-12,15-16H2,1-3H3,(H,30,31);5-6,8,13H,2-4,7H2,1H3. The average molecular weight is 666 g/mol. The van der Waals surface area contributed by atoms with Gasteiger partial charge in [-0.05, 0) is 84.5 Å². The fourth-order valence-electron chi connectivity index (χ4n) is 7.85. The number of aryl methyl sites for hydroxylation is 1. The molecular weight excluding hydrogens is 618 g/mol. The topological polar surface area (TPSA) is 110 Å². The van der Waals surface area contributed by atoms with Crippen molar-refractivity contribution < 1.29 is 24.2 Å². The number of hydrogen-bond acceptors (Lipinski definition) is 7. The Morgan fingerprint density at radius 2 is 1.90 bits per heavy atom. The molecule has 1 N–H and O–H groups in total. The molecular formula is C39H47N5O5. The summed E-state index contributed by atoms with van der Waals surface area (Å²) in [5.74, 6) is 1.34. The van der Waals surface area contributed by atoms with Gasteiger partial charge < -0.3 is 19.5 Å². The van der Waals surface area contributed by atoms with Crippen LogP contribution in [-0.2, 0) is 29.6 Å². The Morgan fingerprint density at radius 3 is 2.63 bits per heavy atom. The van der Waals surface area contributed by atoms with Gasteiger partial charge in [0, 0.05) is 38.2 Å². The number of methoxy groups -OCH3 is 1. The minimum atomic E-state index is -0.817. The number of hydrogen-bond donors (Lipinski definition) is 1. The van der Waals surface area contributed by atoms with E-state index in [4.69, 9.17) is 9.47 Å². The molecule has 0 spiro atoms. The number of fused-ring (bicyclic) bond motifs is 3. The molecule has 4 aromatic rings. The molecule has 1 amide bonds. The first-order chi connectivity index (χ1) is 23.8. The number of carboxylic acid groups (broad SMARTS) is 1. The lowest BCUT2D eigenvalue weighted by atomic mass is 9.82. The van der Waals surface area contributed by atoms with Crippen molar-refractivity contribution in [1.82, 2.24) is 19.9 Å². The summed E-state index contributed by atoms with van der Waals surface area (Å²) >= 11 is 0. The molecule has 10 heteroatoms. The number of rotatable bonds is 12. The van der Waals surface area contributed by atoms with E-state index in [1.807, 2.05) is 24.1 Å². The summed E-state index contributed by atoms with van der Waals surface area (Å²) in [5, 5.41) is 18.1. The summed E-state index contributed by atoms with van der Waals surface area (Å²) in [5.41, 5.74) is 9.63. The molecule has 1 aliphatic carbocycles. The molecule has 0 saturated heterocycles. The Hall–Kier alpha value is -4.44. The molecule has 5 heterocycles. The number of aromatic nitrogens is 3. The van der Waals surface area contributed by atoms with Gasteiger partial charge in [0.2, 0.25) is 6.10 Å². The van der Waals surface area contributed by atoms with Gasteiger partial charge in [-0.1, -0.05) is 62.2 Å². The summed E-state index contributed by atoms with van der Waals surface area (Å²) < 4.78 is 12.9. The van der Waals surface area contributed by atoms with Crippen molar-refractivity contribution in [3.8, 4) is 11.5 Å². The van der Waals surface area contributed by atoms with Gasteiger partial charge in [0.25, 0.3) is 5.91 Å². The molecule has 1 saturated carbocycles. The van der Waals surface area contributed by atoms with E-state index in [-0.39, 0.29) is 24.3 Å². The van der Waals surface area contributed by atoms with E-state index in [0.29, 0.717) is 17.2 Å². The van der Waals surface area contributed by atoms with E-state index in [0.717, 1.165) is 72.7 Å². The summed E-state index contributed by atoms with van der Waals surface area (Å²) in [6.45, 7) is 8.22. The largest absolute Gasteiger partial charge is 0.494 e. The Kier molecular flexibility index (Phi) is 9.33. The van der Waals surface area contributed by atoms with Crippen molar-refractivity contribution in [2.75, 3.05) is 31.6 Å². The second kappa shape index (κ2) is 13.8. The lowest BCUT2D eigenvalue weighted by molar-refractivity contribution is -0.137. The van der Waals surface area contributed by atoms with E-state index in [1.165, 1.54) is 48.8 Å².